The average Bonchev–Trinajstić information content (AvgIpc) is 3.19. The van der Waals surface area contributed by atoms with Crippen LogP contribution in [0.15, 0.2) is 54.0 Å². The lowest BCUT2D eigenvalue weighted by atomic mass is 10.3. The van der Waals surface area contributed by atoms with Gasteiger partial charge in [-0.15, -0.1) is 11.3 Å². The van der Waals surface area contributed by atoms with E-state index in [0.717, 1.165) is 18.5 Å². The van der Waals surface area contributed by atoms with Crippen LogP contribution in [0.25, 0.3) is 5.69 Å². The number of methoxy groups -OCH3 is 1. The molecule has 4 rings (SSSR count). The predicted molar refractivity (Wildman–Crippen MR) is 97.3 cm³/mol. The number of carbonyl (C=O) groups is 1. The Labute approximate surface area is 150 Å². The molecule has 0 atom stereocenters. The number of nitrogens with zero attached hydrogens (tertiary/aromatic N) is 3. The summed E-state index contributed by atoms with van der Waals surface area (Å²) in [6, 6.07) is 14.1. The van der Waals surface area contributed by atoms with Crippen molar-refractivity contribution in [1.29, 1.82) is 0 Å². The molecule has 128 valence electrons. The molecule has 1 aliphatic carbocycles. The molecule has 2 heterocycles. The van der Waals surface area contributed by atoms with Crippen LogP contribution in [0.1, 0.15) is 28.2 Å². The van der Waals surface area contributed by atoms with Gasteiger partial charge in [-0.05, 0) is 36.4 Å². The number of aromatic nitrogens is 2. The third-order valence-corrected chi connectivity index (χ3v) is 5.14. The second-order valence-corrected chi connectivity index (χ2v) is 7.10. The molecule has 1 aliphatic rings. The Kier molecular flexibility index (Phi) is 4.28. The lowest BCUT2D eigenvalue weighted by molar-refractivity contribution is 0.0722. The van der Waals surface area contributed by atoms with Gasteiger partial charge in [0, 0.05) is 10.9 Å². The van der Waals surface area contributed by atoms with Crippen molar-refractivity contribution < 1.29 is 9.53 Å². The summed E-state index contributed by atoms with van der Waals surface area (Å²) in [4.78, 5) is 16.3. The number of benzene rings is 1. The number of hydrogen-bond donors (Lipinski definition) is 0. The van der Waals surface area contributed by atoms with Gasteiger partial charge in [-0.1, -0.05) is 24.3 Å². The fraction of sp³-hybridized carbons (Fsp3) is 0.263. The molecule has 3 aromatic rings. The molecule has 1 fully saturated rings. The van der Waals surface area contributed by atoms with E-state index in [-0.39, 0.29) is 5.91 Å². The van der Waals surface area contributed by atoms with Gasteiger partial charge in [-0.2, -0.15) is 5.10 Å². The first kappa shape index (κ1) is 15.9. The maximum atomic E-state index is 13.2. The summed E-state index contributed by atoms with van der Waals surface area (Å²) in [6.07, 6.45) is 3.87. The fourth-order valence-corrected chi connectivity index (χ4v) is 3.53. The van der Waals surface area contributed by atoms with E-state index in [9.17, 15) is 4.79 Å². The zero-order valence-electron chi connectivity index (χ0n) is 14.0. The quantitative estimate of drug-likeness (QED) is 0.678. The van der Waals surface area contributed by atoms with Crippen molar-refractivity contribution in [1.82, 2.24) is 14.7 Å². The number of hydrogen-bond acceptors (Lipinski definition) is 4. The fourth-order valence-electron chi connectivity index (χ4n) is 2.83. The third kappa shape index (κ3) is 3.30. The average molecular weight is 353 g/mol. The Bertz CT molecular complexity index is 854. The van der Waals surface area contributed by atoms with Gasteiger partial charge in [0.2, 0.25) is 0 Å². The number of amides is 1. The second kappa shape index (κ2) is 6.72. The van der Waals surface area contributed by atoms with Crippen LogP contribution in [0.4, 0.5) is 0 Å². The van der Waals surface area contributed by atoms with Crippen LogP contribution in [-0.2, 0) is 6.54 Å². The minimum atomic E-state index is -0.0672. The maximum Gasteiger partial charge on any atom is 0.278 e. The molecule has 0 spiro atoms. The monoisotopic (exact) mass is 353 g/mol. The SMILES string of the molecule is COc1cn(-c2ccccc2)nc1C(=O)N(Cc1cccs1)C1CC1. The molecule has 0 N–H and O–H groups in total. The van der Waals surface area contributed by atoms with E-state index in [1.54, 1.807) is 29.3 Å². The molecule has 0 unspecified atom stereocenters. The van der Waals surface area contributed by atoms with E-state index >= 15 is 0 Å². The molecular weight excluding hydrogens is 334 g/mol. The van der Waals surface area contributed by atoms with Gasteiger partial charge in [0.25, 0.3) is 5.91 Å². The molecule has 1 saturated carbocycles. The Balaban J connectivity index is 1.65. The first-order valence-electron chi connectivity index (χ1n) is 8.28. The van der Waals surface area contributed by atoms with E-state index < -0.39 is 0 Å². The van der Waals surface area contributed by atoms with Crippen LogP contribution in [0, 0.1) is 0 Å². The molecule has 5 nitrogen and oxygen atoms in total. The van der Waals surface area contributed by atoms with E-state index in [2.05, 4.69) is 11.2 Å². The number of thiophene rings is 1. The summed E-state index contributed by atoms with van der Waals surface area (Å²) in [5.41, 5.74) is 1.27. The van der Waals surface area contributed by atoms with Crippen molar-refractivity contribution in [2.24, 2.45) is 0 Å². The first-order valence-corrected chi connectivity index (χ1v) is 9.16. The van der Waals surface area contributed by atoms with E-state index in [1.165, 1.54) is 4.88 Å². The van der Waals surface area contributed by atoms with E-state index in [4.69, 9.17) is 4.74 Å². The number of rotatable bonds is 6. The molecular formula is C19H19N3O2S. The molecule has 0 aliphatic heterocycles. The van der Waals surface area contributed by atoms with Crippen LogP contribution in [0.5, 0.6) is 5.75 Å². The molecule has 2 aromatic heterocycles. The molecule has 6 heteroatoms. The zero-order chi connectivity index (χ0) is 17.2. The maximum absolute atomic E-state index is 13.2. The highest BCUT2D eigenvalue weighted by Gasteiger charge is 2.35. The Morgan fingerprint density at radius 3 is 2.72 bits per heavy atom. The Morgan fingerprint density at radius 1 is 1.28 bits per heavy atom. The lowest BCUT2D eigenvalue weighted by Crippen LogP contribution is -2.33. The van der Waals surface area contributed by atoms with Crippen molar-refractivity contribution in [3.8, 4) is 11.4 Å². The summed E-state index contributed by atoms with van der Waals surface area (Å²) >= 11 is 1.67. The highest BCUT2D eigenvalue weighted by molar-refractivity contribution is 7.09. The predicted octanol–water partition coefficient (Wildman–Crippen LogP) is 3.75. The second-order valence-electron chi connectivity index (χ2n) is 6.07. The lowest BCUT2D eigenvalue weighted by Gasteiger charge is -2.21. The molecule has 1 amide bonds. The Hall–Kier alpha value is -2.60. The number of ether oxygens (including phenoxy) is 1. The normalized spacial score (nSPS) is 13.6. The molecule has 0 saturated heterocycles. The van der Waals surface area contributed by atoms with E-state index in [0.29, 0.717) is 24.0 Å². The highest BCUT2D eigenvalue weighted by atomic mass is 32.1. The smallest absolute Gasteiger partial charge is 0.278 e. The van der Waals surface area contributed by atoms with Crippen molar-refractivity contribution in [3.05, 3.63) is 64.6 Å². The van der Waals surface area contributed by atoms with Crippen LogP contribution in [0.2, 0.25) is 0 Å². The summed E-state index contributed by atoms with van der Waals surface area (Å²) < 4.78 is 7.12. The van der Waals surface area contributed by atoms with Gasteiger partial charge < -0.3 is 9.64 Å². The van der Waals surface area contributed by atoms with Crippen LogP contribution < -0.4 is 4.74 Å². The van der Waals surface area contributed by atoms with Crippen molar-refractivity contribution in [3.63, 3.8) is 0 Å². The molecule has 1 aromatic carbocycles. The third-order valence-electron chi connectivity index (χ3n) is 4.28. The van der Waals surface area contributed by atoms with Gasteiger partial charge in [0.1, 0.15) is 0 Å². The largest absolute Gasteiger partial charge is 0.493 e. The minimum absolute atomic E-state index is 0.0672. The molecule has 0 bridgehead atoms. The van der Waals surface area contributed by atoms with Crippen molar-refractivity contribution in [2.75, 3.05) is 7.11 Å². The van der Waals surface area contributed by atoms with E-state index in [1.807, 2.05) is 46.7 Å². The molecule has 0 radical (unpaired) electrons. The van der Waals surface area contributed by atoms with Gasteiger partial charge in [0.15, 0.2) is 11.4 Å². The summed E-state index contributed by atoms with van der Waals surface area (Å²) in [7, 11) is 1.57. The van der Waals surface area contributed by atoms with Gasteiger partial charge >= 0.3 is 0 Å². The van der Waals surface area contributed by atoms with Crippen molar-refractivity contribution in [2.45, 2.75) is 25.4 Å². The van der Waals surface area contributed by atoms with Gasteiger partial charge in [0.05, 0.1) is 25.5 Å². The zero-order valence-corrected chi connectivity index (χ0v) is 14.8. The van der Waals surface area contributed by atoms with Gasteiger partial charge in [-0.25, -0.2) is 4.68 Å². The van der Waals surface area contributed by atoms with Crippen LogP contribution >= 0.6 is 11.3 Å². The molecule has 25 heavy (non-hydrogen) atoms. The van der Waals surface area contributed by atoms with Crippen molar-refractivity contribution >= 4 is 17.2 Å². The Morgan fingerprint density at radius 2 is 2.08 bits per heavy atom. The first-order chi connectivity index (χ1) is 12.3. The summed E-state index contributed by atoms with van der Waals surface area (Å²) in [5.74, 6) is 0.438. The number of carbonyl (C=O) groups excluding carboxylic acids is 1. The minimum Gasteiger partial charge on any atom is -0.493 e. The number of para-hydroxylation sites is 1. The van der Waals surface area contributed by atoms with Gasteiger partial charge in [-0.3, -0.25) is 4.79 Å². The summed E-state index contributed by atoms with van der Waals surface area (Å²) in [5, 5.41) is 6.55. The van der Waals surface area contributed by atoms with Crippen LogP contribution in [0.3, 0.4) is 0 Å². The highest BCUT2D eigenvalue weighted by Crippen LogP contribution is 2.32. The standard InChI is InChI=1S/C19H19N3O2S/c1-24-17-13-22(15-6-3-2-4-7-15)20-18(17)19(23)21(14-9-10-14)12-16-8-5-11-25-16/h2-8,11,13-14H,9-10,12H2,1H3. The summed E-state index contributed by atoms with van der Waals surface area (Å²) in [6.45, 7) is 0.627. The van der Waals surface area contributed by atoms with Crippen LogP contribution in [-0.4, -0.2) is 33.7 Å². The topological polar surface area (TPSA) is 47.4 Å².